The van der Waals surface area contributed by atoms with Gasteiger partial charge in [-0.15, -0.1) is 0 Å². The summed E-state index contributed by atoms with van der Waals surface area (Å²) in [6, 6.07) is 0. The van der Waals surface area contributed by atoms with Crippen LogP contribution in [0, 0.1) is 5.92 Å². The molecule has 2 nitrogen and oxygen atoms in total. The summed E-state index contributed by atoms with van der Waals surface area (Å²) in [6.07, 6.45) is 1.06. The van der Waals surface area contributed by atoms with E-state index in [1.54, 1.807) is 0 Å². The summed E-state index contributed by atoms with van der Waals surface area (Å²) in [5.74, 6) is 0.399. The van der Waals surface area contributed by atoms with Crippen molar-refractivity contribution in [2.45, 2.75) is 33.0 Å². The lowest BCUT2D eigenvalue weighted by atomic mass is 10.5. The maximum Gasteiger partial charge on any atom is 0.171 e. The molecular formula is C8H16O2. The molecule has 0 aliphatic heterocycles. The summed E-state index contributed by atoms with van der Waals surface area (Å²) in [7, 11) is 0. The molecule has 60 valence electrons. The van der Waals surface area contributed by atoms with Crippen LogP contribution in [0.2, 0.25) is 0 Å². The molecule has 0 aromatic heterocycles. The third-order valence-corrected chi connectivity index (χ3v) is 1.96. The molecule has 1 aliphatic carbocycles. The Bertz CT molecular complexity index is 106. The first-order valence-corrected chi connectivity index (χ1v) is 4.03. The molecule has 10 heavy (non-hydrogen) atoms. The molecule has 1 fully saturated rings. The van der Waals surface area contributed by atoms with Gasteiger partial charge < -0.3 is 9.47 Å². The minimum absolute atomic E-state index is 0.191. The monoisotopic (exact) mass is 144 g/mol. The van der Waals surface area contributed by atoms with Crippen molar-refractivity contribution in [1.29, 1.82) is 0 Å². The first kappa shape index (κ1) is 8.02. The van der Waals surface area contributed by atoms with E-state index in [9.17, 15) is 0 Å². The number of hydrogen-bond donors (Lipinski definition) is 0. The Morgan fingerprint density at radius 1 is 1.30 bits per heavy atom. The minimum atomic E-state index is -0.191. The zero-order valence-corrected chi connectivity index (χ0v) is 7.02. The van der Waals surface area contributed by atoms with Crippen molar-refractivity contribution in [3.63, 3.8) is 0 Å². The molecule has 1 rings (SSSR count). The molecule has 0 radical (unpaired) electrons. The van der Waals surface area contributed by atoms with Crippen molar-refractivity contribution in [3.8, 4) is 0 Å². The number of rotatable bonds is 4. The standard InChI is InChI=1S/C8H16O2/c1-4-9-8(10-5-2)6-7(8)3/h7H,4-6H2,1-3H3. The normalized spacial score (nSPS) is 28.5. The van der Waals surface area contributed by atoms with Crippen molar-refractivity contribution in [2.75, 3.05) is 13.2 Å². The highest BCUT2D eigenvalue weighted by Gasteiger charge is 2.53. The van der Waals surface area contributed by atoms with Gasteiger partial charge >= 0.3 is 0 Å². The van der Waals surface area contributed by atoms with Gasteiger partial charge in [-0.1, -0.05) is 6.92 Å². The summed E-state index contributed by atoms with van der Waals surface area (Å²) < 4.78 is 10.9. The second kappa shape index (κ2) is 2.89. The Balaban J connectivity index is 2.31. The molecule has 0 bridgehead atoms. The molecular weight excluding hydrogens is 128 g/mol. The van der Waals surface area contributed by atoms with Crippen molar-refractivity contribution in [1.82, 2.24) is 0 Å². The van der Waals surface area contributed by atoms with Crippen LogP contribution in [-0.4, -0.2) is 19.0 Å². The Hall–Kier alpha value is -0.0800. The molecule has 0 N–H and O–H groups in total. The maximum atomic E-state index is 5.47. The highest BCUT2D eigenvalue weighted by Crippen LogP contribution is 2.47. The van der Waals surface area contributed by atoms with E-state index >= 15 is 0 Å². The lowest BCUT2D eigenvalue weighted by Crippen LogP contribution is -2.20. The van der Waals surface area contributed by atoms with Gasteiger partial charge in [0.25, 0.3) is 0 Å². The van der Waals surface area contributed by atoms with E-state index in [1.807, 2.05) is 13.8 Å². The van der Waals surface area contributed by atoms with Gasteiger partial charge in [-0.3, -0.25) is 0 Å². The molecule has 0 amide bonds. The largest absolute Gasteiger partial charge is 0.350 e. The van der Waals surface area contributed by atoms with Crippen LogP contribution in [0.1, 0.15) is 27.2 Å². The highest BCUT2D eigenvalue weighted by molar-refractivity contribution is 4.94. The molecule has 1 aliphatic rings. The SMILES string of the molecule is CCOC1(OCC)CC1C. The van der Waals surface area contributed by atoms with Gasteiger partial charge in [-0.05, 0) is 13.8 Å². The second-order valence-corrected chi connectivity index (χ2v) is 2.78. The zero-order valence-electron chi connectivity index (χ0n) is 7.02. The summed E-state index contributed by atoms with van der Waals surface area (Å²) in [5, 5.41) is 0. The fraction of sp³-hybridized carbons (Fsp3) is 1.00. The number of ether oxygens (including phenoxy) is 2. The van der Waals surface area contributed by atoms with Gasteiger partial charge in [0.05, 0.1) is 0 Å². The Morgan fingerprint density at radius 3 is 1.90 bits per heavy atom. The number of hydrogen-bond acceptors (Lipinski definition) is 2. The van der Waals surface area contributed by atoms with Crippen molar-refractivity contribution < 1.29 is 9.47 Å². The van der Waals surface area contributed by atoms with Gasteiger partial charge in [-0.2, -0.15) is 0 Å². The van der Waals surface area contributed by atoms with Gasteiger partial charge in [0.2, 0.25) is 0 Å². The Morgan fingerprint density at radius 2 is 1.70 bits per heavy atom. The summed E-state index contributed by atoms with van der Waals surface area (Å²) in [6.45, 7) is 7.68. The van der Waals surface area contributed by atoms with Crippen LogP contribution in [0.25, 0.3) is 0 Å². The van der Waals surface area contributed by atoms with E-state index in [0.717, 1.165) is 19.6 Å². The molecule has 0 spiro atoms. The zero-order chi connectivity index (χ0) is 7.61. The van der Waals surface area contributed by atoms with Crippen LogP contribution in [0.15, 0.2) is 0 Å². The van der Waals surface area contributed by atoms with Gasteiger partial charge in [0.1, 0.15) is 0 Å². The third-order valence-electron chi connectivity index (χ3n) is 1.96. The minimum Gasteiger partial charge on any atom is -0.350 e. The van der Waals surface area contributed by atoms with Gasteiger partial charge in [0.15, 0.2) is 5.79 Å². The van der Waals surface area contributed by atoms with E-state index < -0.39 is 0 Å². The highest BCUT2D eigenvalue weighted by atomic mass is 16.7. The predicted molar refractivity (Wildman–Crippen MR) is 39.8 cm³/mol. The van der Waals surface area contributed by atoms with Crippen LogP contribution in [0.4, 0.5) is 0 Å². The summed E-state index contributed by atoms with van der Waals surface area (Å²) >= 11 is 0. The first-order valence-electron chi connectivity index (χ1n) is 4.03. The fourth-order valence-corrected chi connectivity index (χ4v) is 1.30. The third kappa shape index (κ3) is 1.32. The lowest BCUT2D eigenvalue weighted by molar-refractivity contribution is -0.169. The molecule has 0 aromatic carbocycles. The molecule has 0 saturated heterocycles. The lowest BCUT2D eigenvalue weighted by Gasteiger charge is -2.15. The van der Waals surface area contributed by atoms with E-state index in [1.165, 1.54) is 0 Å². The van der Waals surface area contributed by atoms with Gasteiger partial charge in [0, 0.05) is 25.6 Å². The second-order valence-electron chi connectivity index (χ2n) is 2.78. The first-order chi connectivity index (χ1) is 4.75. The van der Waals surface area contributed by atoms with Gasteiger partial charge in [-0.25, -0.2) is 0 Å². The quantitative estimate of drug-likeness (QED) is 0.560. The van der Waals surface area contributed by atoms with Crippen LogP contribution >= 0.6 is 0 Å². The molecule has 1 saturated carbocycles. The Labute approximate surface area is 62.5 Å². The predicted octanol–water partition coefficient (Wildman–Crippen LogP) is 1.80. The molecule has 0 aromatic rings. The fourth-order valence-electron chi connectivity index (χ4n) is 1.30. The topological polar surface area (TPSA) is 18.5 Å². The maximum absolute atomic E-state index is 5.47. The molecule has 2 heteroatoms. The van der Waals surface area contributed by atoms with Crippen molar-refractivity contribution in [3.05, 3.63) is 0 Å². The van der Waals surface area contributed by atoms with Crippen LogP contribution < -0.4 is 0 Å². The van der Waals surface area contributed by atoms with Crippen LogP contribution in [0.3, 0.4) is 0 Å². The molecule has 1 atom stereocenters. The van der Waals surface area contributed by atoms with E-state index in [-0.39, 0.29) is 5.79 Å². The van der Waals surface area contributed by atoms with Crippen molar-refractivity contribution >= 4 is 0 Å². The van der Waals surface area contributed by atoms with Crippen LogP contribution in [0.5, 0.6) is 0 Å². The van der Waals surface area contributed by atoms with Crippen molar-refractivity contribution in [2.24, 2.45) is 5.92 Å². The summed E-state index contributed by atoms with van der Waals surface area (Å²) in [5.41, 5.74) is 0. The Kier molecular flexibility index (Phi) is 2.32. The molecule has 0 heterocycles. The smallest absolute Gasteiger partial charge is 0.171 e. The average Bonchev–Trinajstić information content (AvgIpc) is 2.44. The average molecular weight is 144 g/mol. The van der Waals surface area contributed by atoms with E-state index in [2.05, 4.69) is 6.92 Å². The van der Waals surface area contributed by atoms with E-state index in [4.69, 9.17) is 9.47 Å². The molecule has 1 unspecified atom stereocenters. The van der Waals surface area contributed by atoms with E-state index in [0.29, 0.717) is 5.92 Å². The van der Waals surface area contributed by atoms with Crippen LogP contribution in [-0.2, 0) is 9.47 Å². The summed E-state index contributed by atoms with van der Waals surface area (Å²) in [4.78, 5) is 0.